The molecule has 0 spiro atoms. The Morgan fingerprint density at radius 2 is 2.22 bits per heavy atom. The minimum absolute atomic E-state index is 0.210. The van der Waals surface area contributed by atoms with Crippen molar-refractivity contribution in [2.75, 3.05) is 14.1 Å². The SMILES string of the molecule is C=C(C)CCC(NN)C1(N(C)C)CCCC(C)C1. The van der Waals surface area contributed by atoms with E-state index < -0.39 is 0 Å². The third-order valence-electron chi connectivity index (χ3n) is 4.61. The predicted molar refractivity (Wildman–Crippen MR) is 79.2 cm³/mol. The lowest BCUT2D eigenvalue weighted by atomic mass is 9.70. The Kier molecular flexibility index (Phi) is 5.83. The van der Waals surface area contributed by atoms with Gasteiger partial charge in [-0.3, -0.25) is 11.3 Å². The maximum atomic E-state index is 5.85. The zero-order valence-corrected chi connectivity index (χ0v) is 12.6. The van der Waals surface area contributed by atoms with Crippen LogP contribution in [0.4, 0.5) is 0 Å². The summed E-state index contributed by atoms with van der Waals surface area (Å²) in [7, 11) is 4.40. The molecule has 0 amide bonds. The molecule has 3 atom stereocenters. The van der Waals surface area contributed by atoms with Crippen LogP contribution < -0.4 is 11.3 Å². The Balaban J connectivity index is 2.82. The van der Waals surface area contributed by atoms with Gasteiger partial charge in [0, 0.05) is 11.6 Å². The minimum Gasteiger partial charge on any atom is -0.302 e. The topological polar surface area (TPSA) is 41.3 Å². The first-order valence-corrected chi connectivity index (χ1v) is 7.20. The van der Waals surface area contributed by atoms with Gasteiger partial charge in [-0.1, -0.05) is 25.3 Å². The van der Waals surface area contributed by atoms with Gasteiger partial charge in [0.15, 0.2) is 0 Å². The molecule has 0 aliphatic heterocycles. The van der Waals surface area contributed by atoms with Crippen molar-refractivity contribution in [1.82, 2.24) is 10.3 Å². The Labute approximate surface area is 113 Å². The van der Waals surface area contributed by atoms with Crippen LogP contribution in [0.3, 0.4) is 0 Å². The Hall–Kier alpha value is -0.380. The predicted octanol–water partition coefficient (Wildman–Crippen LogP) is 2.69. The summed E-state index contributed by atoms with van der Waals surface area (Å²) in [6.45, 7) is 8.47. The lowest BCUT2D eigenvalue weighted by molar-refractivity contribution is 0.0344. The molecule has 106 valence electrons. The number of rotatable bonds is 6. The summed E-state index contributed by atoms with van der Waals surface area (Å²) in [6.07, 6.45) is 7.29. The molecule has 1 fully saturated rings. The highest BCUT2D eigenvalue weighted by atomic mass is 15.3. The van der Waals surface area contributed by atoms with Crippen LogP contribution in [0.15, 0.2) is 12.2 Å². The number of allylic oxidation sites excluding steroid dienone is 1. The molecule has 0 aromatic heterocycles. The fourth-order valence-corrected chi connectivity index (χ4v) is 3.50. The molecule has 1 rings (SSSR count). The third kappa shape index (κ3) is 3.56. The lowest BCUT2D eigenvalue weighted by Crippen LogP contribution is -2.62. The summed E-state index contributed by atoms with van der Waals surface area (Å²) in [5, 5.41) is 0. The van der Waals surface area contributed by atoms with Crippen LogP contribution >= 0.6 is 0 Å². The minimum atomic E-state index is 0.210. The Bertz CT molecular complexity index is 275. The second-order valence-electron chi connectivity index (χ2n) is 6.41. The van der Waals surface area contributed by atoms with E-state index in [2.05, 4.69) is 44.8 Å². The molecule has 1 aliphatic carbocycles. The first-order chi connectivity index (χ1) is 8.42. The molecule has 0 aromatic carbocycles. The monoisotopic (exact) mass is 253 g/mol. The van der Waals surface area contributed by atoms with Crippen LogP contribution in [0.1, 0.15) is 52.4 Å². The maximum Gasteiger partial charge on any atom is 0.0397 e. The fraction of sp³-hybridized carbons (Fsp3) is 0.867. The number of likely N-dealkylation sites (N-methyl/N-ethyl adjacent to an activating group) is 1. The summed E-state index contributed by atoms with van der Waals surface area (Å²) in [5.41, 5.74) is 4.54. The van der Waals surface area contributed by atoms with Crippen molar-refractivity contribution in [3.8, 4) is 0 Å². The van der Waals surface area contributed by atoms with Gasteiger partial charge in [0.25, 0.3) is 0 Å². The van der Waals surface area contributed by atoms with Crippen molar-refractivity contribution in [3.05, 3.63) is 12.2 Å². The van der Waals surface area contributed by atoms with Crippen LogP contribution in [0, 0.1) is 5.92 Å². The number of hydrazine groups is 1. The van der Waals surface area contributed by atoms with E-state index in [0.29, 0.717) is 6.04 Å². The average Bonchev–Trinajstić information content (AvgIpc) is 2.29. The Morgan fingerprint density at radius 1 is 1.56 bits per heavy atom. The van der Waals surface area contributed by atoms with Crippen molar-refractivity contribution in [2.45, 2.75) is 64.0 Å². The van der Waals surface area contributed by atoms with E-state index in [1.165, 1.54) is 31.3 Å². The van der Waals surface area contributed by atoms with Crippen LogP contribution in [-0.2, 0) is 0 Å². The summed E-state index contributed by atoms with van der Waals surface area (Å²) >= 11 is 0. The number of hydrogen-bond donors (Lipinski definition) is 2. The zero-order valence-electron chi connectivity index (χ0n) is 12.6. The molecular formula is C15H31N3. The molecule has 3 heteroatoms. The first-order valence-electron chi connectivity index (χ1n) is 7.20. The maximum absolute atomic E-state index is 5.85. The normalized spacial score (nSPS) is 30.4. The van der Waals surface area contributed by atoms with E-state index in [0.717, 1.165) is 18.8 Å². The summed E-state index contributed by atoms with van der Waals surface area (Å²) in [5.74, 6) is 6.65. The van der Waals surface area contributed by atoms with Crippen molar-refractivity contribution in [2.24, 2.45) is 11.8 Å². The van der Waals surface area contributed by atoms with Gasteiger partial charge in [0.2, 0.25) is 0 Å². The molecule has 18 heavy (non-hydrogen) atoms. The van der Waals surface area contributed by atoms with Crippen molar-refractivity contribution in [1.29, 1.82) is 0 Å². The van der Waals surface area contributed by atoms with Gasteiger partial charge in [-0.2, -0.15) is 0 Å². The highest BCUT2D eigenvalue weighted by Crippen LogP contribution is 2.39. The van der Waals surface area contributed by atoms with Crippen LogP contribution in [0.2, 0.25) is 0 Å². The smallest absolute Gasteiger partial charge is 0.0397 e. The van der Waals surface area contributed by atoms with E-state index in [-0.39, 0.29) is 5.54 Å². The molecular weight excluding hydrogens is 222 g/mol. The molecule has 0 saturated heterocycles. The van der Waals surface area contributed by atoms with Gasteiger partial charge < -0.3 is 4.90 Å². The molecule has 0 bridgehead atoms. The molecule has 0 heterocycles. The van der Waals surface area contributed by atoms with Gasteiger partial charge in [-0.25, -0.2) is 0 Å². The summed E-state index contributed by atoms with van der Waals surface area (Å²) in [4.78, 5) is 2.39. The number of nitrogens with two attached hydrogens (primary N) is 1. The van der Waals surface area contributed by atoms with E-state index >= 15 is 0 Å². The molecule has 1 aliphatic rings. The quantitative estimate of drug-likeness (QED) is 0.434. The fourth-order valence-electron chi connectivity index (χ4n) is 3.50. The van der Waals surface area contributed by atoms with Gasteiger partial charge >= 0.3 is 0 Å². The average molecular weight is 253 g/mol. The van der Waals surface area contributed by atoms with Crippen LogP contribution in [-0.4, -0.2) is 30.6 Å². The largest absolute Gasteiger partial charge is 0.302 e. The number of nitrogens with one attached hydrogen (secondary N) is 1. The molecule has 3 N–H and O–H groups in total. The lowest BCUT2D eigenvalue weighted by Gasteiger charge is -2.50. The van der Waals surface area contributed by atoms with Crippen LogP contribution in [0.5, 0.6) is 0 Å². The van der Waals surface area contributed by atoms with Crippen LogP contribution in [0.25, 0.3) is 0 Å². The molecule has 0 radical (unpaired) electrons. The number of hydrogen-bond acceptors (Lipinski definition) is 3. The highest BCUT2D eigenvalue weighted by Gasteiger charge is 2.42. The third-order valence-corrected chi connectivity index (χ3v) is 4.61. The van der Waals surface area contributed by atoms with Crippen molar-refractivity contribution < 1.29 is 0 Å². The summed E-state index contributed by atoms with van der Waals surface area (Å²) in [6, 6.07) is 0.354. The van der Waals surface area contributed by atoms with Crippen molar-refractivity contribution >= 4 is 0 Å². The summed E-state index contributed by atoms with van der Waals surface area (Å²) < 4.78 is 0. The highest BCUT2D eigenvalue weighted by molar-refractivity contribution is 5.03. The van der Waals surface area contributed by atoms with E-state index in [1.54, 1.807) is 0 Å². The molecule has 3 nitrogen and oxygen atoms in total. The number of nitrogens with zero attached hydrogens (tertiary/aromatic N) is 1. The second-order valence-corrected chi connectivity index (χ2v) is 6.41. The second kappa shape index (κ2) is 6.69. The van der Waals surface area contributed by atoms with Crippen molar-refractivity contribution in [3.63, 3.8) is 0 Å². The van der Waals surface area contributed by atoms with E-state index in [1.807, 2.05) is 0 Å². The molecule has 3 unspecified atom stereocenters. The van der Waals surface area contributed by atoms with E-state index in [9.17, 15) is 0 Å². The standard InChI is InChI=1S/C15H31N3/c1-12(2)8-9-14(17-16)15(18(4)5)10-6-7-13(3)11-15/h13-14,17H,1,6-11,16H2,2-5H3. The molecule has 0 aromatic rings. The van der Waals surface area contributed by atoms with Gasteiger partial charge in [0.1, 0.15) is 0 Å². The van der Waals surface area contributed by atoms with Gasteiger partial charge in [-0.05, 0) is 52.6 Å². The molecule has 1 saturated carbocycles. The van der Waals surface area contributed by atoms with Gasteiger partial charge in [0.05, 0.1) is 0 Å². The Morgan fingerprint density at radius 3 is 2.67 bits per heavy atom. The van der Waals surface area contributed by atoms with E-state index in [4.69, 9.17) is 5.84 Å². The zero-order chi connectivity index (χ0) is 13.8. The van der Waals surface area contributed by atoms with Gasteiger partial charge in [-0.15, -0.1) is 6.58 Å². The first kappa shape index (κ1) is 15.7.